The van der Waals surface area contributed by atoms with Crippen LogP contribution in [0.2, 0.25) is 0 Å². The van der Waals surface area contributed by atoms with Crippen molar-refractivity contribution in [2.45, 2.75) is 32.2 Å². The van der Waals surface area contributed by atoms with Gasteiger partial charge in [-0.25, -0.2) is 9.69 Å². The summed E-state index contributed by atoms with van der Waals surface area (Å²) in [4.78, 5) is 29.7. The lowest BCUT2D eigenvalue weighted by atomic mass is 9.92. The van der Waals surface area contributed by atoms with Gasteiger partial charge in [0.1, 0.15) is 12.4 Å². The van der Waals surface area contributed by atoms with E-state index in [9.17, 15) is 14.7 Å². The number of aromatic hydroxyl groups is 1. The molecule has 7 nitrogen and oxygen atoms in total. The van der Waals surface area contributed by atoms with E-state index in [-0.39, 0.29) is 24.0 Å². The van der Waals surface area contributed by atoms with Gasteiger partial charge in [-0.1, -0.05) is 36.9 Å². The number of anilines is 1. The standard InChI is InChI=1S/C23H24N2O5/c1-4-9-30-23(28)25-18-12-20(26)14(2)10-17(18)21(27)24-13-16-8-6-5-7-15(16)11-19(24)22(25)29-3/h4-8,10,12,19,22,26H,1,9,11,13H2,2-3H3/t19-,22?/m0/s1. The number of phenolic OH excluding ortho intramolecular Hbond substituents is 1. The zero-order valence-electron chi connectivity index (χ0n) is 17.0. The molecule has 2 atom stereocenters. The van der Waals surface area contributed by atoms with Crippen molar-refractivity contribution in [3.8, 4) is 5.75 Å². The molecule has 0 bridgehead atoms. The van der Waals surface area contributed by atoms with Crippen molar-refractivity contribution in [1.82, 2.24) is 4.90 Å². The summed E-state index contributed by atoms with van der Waals surface area (Å²) < 4.78 is 11.1. The fraction of sp³-hybridized carbons (Fsp3) is 0.304. The van der Waals surface area contributed by atoms with E-state index < -0.39 is 18.4 Å². The molecule has 1 unspecified atom stereocenters. The highest BCUT2D eigenvalue weighted by molar-refractivity contribution is 6.05. The number of nitrogens with zero attached hydrogens (tertiary/aromatic N) is 2. The Hall–Kier alpha value is -3.32. The quantitative estimate of drug-likeness (QED) is 0.788. The molecule has 0 radical (unpaired) electrons. The highest BCUT2D eigenvalue weighted by Gasteiger charge is 2.45. The molecule has 0 saturated carbocycles. The minimum Gasteiger partial charge on any atom is -0.508 e. The third-order valence-electron chi connectivity index (χ3n) is 5.70. The van der Waals surface area contributed by atoms with Crippen LogP contribution < -0.4 is 4.90 Å². The molecule has 0 fully saturated rings. The summed E-state index contributed by atoms with van der Waals surface area (Å²) >= 11 is 0. The van der Waals surface area contributed by atoms with Gasteiger partial charge in [-0.05, 0) is 36.1 Å². The molecular formula is C23H24N2O5. The molecule has 0 spiro atoms. The molecule has 0 saturated heterocycles. The van der Waals surface area contributed by atoms with Crippen molar-refractivity contribution in [3.63, 3.8) is 0 Å². The molecule has 2 amide bonds. The molecule has 0 aromatic heterocycles. The summed E-state index contributed by atoms with van der Waals surface area (Å²) in [6.07, 6.45) is 0.548. The van der Waals surface area contributed by atoms with Crippen LogP contribution in [0.4, 0.5) is 10.5 Å². The van der Waals surface area contributed by atoms with Crippen LogP contribution >= 0.6 is 0 Å². The first-order chi connectivity index (χ1) is 14.5. The van der Waals surface area contributed by atoms with E-state index in [1.54, 1.807) is 17.9 Å². The summed E-state index contributed by atoms with van der Waals surface area (Å²) in [5.74, 6) is -0.227. The summed E-state index contributed by atoms with van der Waals surface area (Å²) in [5.41, 5.74) is 3.31. The molecule has 2 aliphatic rings. The molecule has 1 N–H and O–H groups in total. The number of ether oxygens (including phenoxy) is 2. The number of benzene rings is 2. The van der Waals surface area contributed by atoms with Crippen LogP contribution in [0.1, 0.15) is 27.0 Å². The zero-order valence-corrected chi connectivity index (χ0v) is 17.0. The summed E-state index contributed by atoms with van der Waals surface area (Å²) in [6.45, 7) is 5.72. The van der Waals surface area contributed by atoms with E-state index in [1.807, 2.05) is 24.3 Å². The lowest BCUT2D eigenvalue weighted by Gasteiger charge is -2.41. The molecule has 7 heteroatoms. The minimum atomic E-state index is -0.789. The van der Waals surface area contributed by atoms with Gasteiger partial charge < -0.3 is 19.5 Å². The smallest absolute Gasteiger partial charge is 0.416 e. The molecular weight excluding hydrogens is 384 g/mol. The van der Waals surface area contributed by atoms with Crippen LogP contribution in [0.3, 0.4) is 0 Å². The van der Waals surface area contributed by atoms with Gasteiger partial charge in [-0.3, -0.25) is 4.79 Å². The van der Waals surface area contributed by atoms with Gasteiger partial charge in [0.15, 0.2) is 6.23 Å². The maximum atomic E-state index is 13.6. The van der Waals surface area contributed by atoms with E-state index in [0.29, 0.717) is 24.1 Å². The molecule has 0 aliphatic carbocycles. The van der Waals surface area contributed by atoms with E-state index >= 15 is 0 Å². The van der Waals surface area contributed by atoms with Gasteiger partial charge >= 0.3 is 6.09 Å². The van der Waals surface area contributed by atoms with E-state index in [1.165, 1.54) is 24.2 Å². The Labute approximate surface area is 175 Å². The zero-order chi connectivity index (χ0) is 21.4. The highest BCUT2D eigenvalue weighted by Crippen LogP contribution is 2.39. The van der Waals surface area contributed by atoms with Gasteiger partial charge in [0.2, 0.25) is 0 Å². The van der Waals surface area contributed by atoms with Crippen LogP contribution in [0.25, 0.3) is 0 Å². The minimum absolute atomic E-state index is 0.0129. The number of phenols is 1. The van der Waals surface area contributed by atoms with Crippen LogP contribution in [0, 0.1) is 6.92 Å². The number of fused-ring (bicyclic) bond motifs is 3. The Kier molecular flexibility index (Phi) is 5.22. The van der Waals surface area contributed by atoms with Gasteiger partial charge in [-0.15, -0.1) is 0 Å². The van der Waals surface area contributed by atoms with Crippen molar-refractivity contribution in [1.29, 1.82) is 0 Å². The first-order valence-electron chi connectivity index (χ1n) is 9.77. The monoisotopic (exact) mass is 408 g/mol. The van der Waals surface area contributed by atoms with Gasteiger partial charge in [0.05, 0.1) is 17.3 Å². The second-order valence-electron chi connectivity index (χ2n) is 7.49. The first-order valence-corrected chi connectivity index (χ1v) is 9.77. The average Bonchev–Trinajstić information content (AvgIpc) is 2.84. The van der Waals surface area contributed by atoms with Crippen molar-refractivity contribution < 1.29 is 24.2 Å². The Morgan fingerprint density at radius 3 is 2.73 bits per heavy atom. The number of hydrogen-bond acceptors (Lipinski definition) is 5. The van der Waals surface area contributed by atoms with Crippen LogP contribution in [-0.4, -0.2) is 48.0 Å². The Morgan fingerprint density at radius 1 is 1.30 bits per heavy atom. The predicted molar refractivity (Wildman–Crippen MR) is 111 cm³/mol. The molecule has 4 rings (SSSR count). The van der Waals surface area contributed by atoms with Crippen LogP contribution in [0.15, 0.2) is 49.1 Å². The fourth-order valence-corrected chi connectivity index (χ4v) is 4.21. The first kappa shape index (κ1) is 20.0. The third-order valence-corrected chi connectivity index (χ3v) is 5.70. The largest absolute Gasteiger partial charge is 0.508 e. The second-order valence-corrected chi connectivity index (χ2v) is 7.49. The molecule has 2 heterocycles. The lowest BCUT2D eigenvalue weighted by molar-refractivity contribution is 0.00854. The van der Waals surface area contributed by atoms with E-state index in [4.69, 9.17) is 9.47 Å². The second kappa shape index (κ2) is 7.84. The molecule has 156 valence electrons. The number of carbonyl (C=O) groups excluding carboxylic acids is 2. The van der Waals surface area contributed by atoms with E-state index in [0.717, 1.165) is 11.1 Å². The van der Waals surface area contributed by atoms with Crippen molar-refractivity contribution in [2.24, 2.45) is 0 Å². The Balaban J connectivity index is 1.89. The number of hydrogen-bond donors (Lipinski definition) is 1. The Morgan fingerprint density at radius 2 is 2.03 bits per heavy atom. The Bertz CT molecular complexity index is 1020. The topological polar surface area (TPSA) is 79.3 Å². The predicted octanol–water partition coefficient (Wildman–Crippen LogP) is 3.38. The fourth-order valence-electron chi connectivity index (χ4n) is 4.21. The van der Waals surface area contributed by atoms with Crippen molar-refractivity contribution in [2.75, 3.05) is 18.6 Å². The average molecular weight is 408 g/mol. The van der Waals surface area contributed by atoms with Crippen LogP contribution in [-0.2, 0) is 22.4 Å². The van der Waals surface area contributed by atoms with Gasteiger partial charge in [0, 0.05) is 19.7 Å². The maximum Gasteiger partial charge on any atom is 0.416 e. The van der Waals surface area contributed by atoms with Crippen molar-refractivity contribution in [3.05, 3.63) is 71.3 Å². The highest BCUT2D eigenvalue weighted by atomic mass is 16.6. The summed E-state index contributed by atoms with van der Waals surface area (Å²) in [5, 5.41) is 10.3. The number of carbonyl (C=O) groups is 2. The molecule has 2 aliphatic heterocycles. The lowest BCUT2D eigenvalue weighted by Crippen LogP contribution is -2.56. The third kappa shape index (κ3) is 3.21. The maximum absolute atomic E-state index is 13.6. The molecule has 2 aromatic carbocycles. The number of methoxy groups -OCH3 is 1. The van der Waals surface area contributed by atoms with Crippen LogP contribution in [0.5, 0.6) is 5.75 Å². The number of aryl methyl sites for hydroxylation is 1. The normalized spacial score (nSPS) is 20.0. The number of rotatable bonds is 3. The van der Waals surface area contributed by atoms with Gasteiger partial charge in [0.25, 0.3) is 5.91 Å². The van der Waals surface area contributed by atoms with Gasteiger partial charge in [-0.2, -0.15) is 0 Å². The SMILES string of the molecule is C=CCOC(=O)N1c2cc(O)c(C)cc2C(=O)N2Cc3ccccc3C[C@H]2C1OC. The number of amides is 2. The molecule has 30 heavy (non-hydrogen) atoms. The summed E-state index contributed by atoms with van der Waals surface area (Å²) in [7, 11) is 1.50. The molecule has 2 aromatic rings. The van der Waals surface area contributed by atoms with Crippen molar-refractivity contribution >= 4 is 17.7 Å². The summed E-state index contributed by atoms with van der Waals surface area (Å²) in [6, 6.07) is 10.6. The van der Waals surface area contributed by atoms with E-state index in [2.05, 4.69) is 6.58 Å².